The first-order valence-corrected chi connectivity index (χ1v) is 12.5. The van der Waals surface area contributed by atoms with Crippen LogP contribution in [0.3, 0.4) is 0 Å². The van der Waals surface area contributed by atoms with E-state index in [2.05, 4.69) is 0 Å². The predicted octanol–water partition coefficient (Wildman–Crippen LogP) is 5.55. The van der Waals surface area contributed by atoms with Crippen LogP contribution in [0.1, 0.15) is 57.3 Å². The van der Waals surface area contributed by atoms with Crippen molar-refractivity contribution in [2.24, 2.45) is 5.92 Å². The normalized spacial score (nSPS) is 15.4. The lowest BCUT2D eigenvalue weighted by atomic mass is 9.88. The number of hydrogen-bond acceptors (Lipinski definition) is 4. The highest BCUT2D eigenvalue weighted by Crippen LogP contribution is 2.30. The maximum absolute atomic E-state index is 13.7. The van der Waals surface area contributed by atoms with Crippen molar-refractivity contribution < 1.29 is 9.53 Å². The Morgan fingerprint density at radius 1 is 1.15 bits per heavy atom. The largest absolute Gasteiger partial charge is 0.385 e. The second-order valence-electron chi connectivity index (χ2n) is 8.99. The van der Waals surface area contributed by atoms with E-state index >= 15 is 0 Å². The molecule has 1 saturated carbocycles. The molecular weight excluding hydrogens is 450 g/mol. The lowest BCUT2D eigenvalue weighted by molar-refractivity contribution is -0.139. The number of fused-ring (bicyclic) bond motifs is 1. The molecule has 6 nitrogen and oxygen atoms in total. The van der Waals surface area contributed by atoms with Crippen LogP contribution in [0.15, 0.2) is 53.3 Å². The molecule has 0 spiro atoms. The number of benzene rings is 2. The van der Waals surface area contributed by atoms with E-state index in [1.54, 1.807) is 29.9 Å². The fourth-order valence-electron chi connectivity index (χ4n) is 4.87. The monoisotopic (exact) mass is 481 g/mol. The SMILES string of the molecule is COCCCN(C(=O)C1CCCCC1)C(C)c1nc2ccccc2c(=O)n1-c1ccc(Cl)cc1. The van der Waals surface area contributed by atoms with Crippen LogP contribution in [0.25, 0.3) is 16.6 Å². The van der Waals surface area contributed by atoms with Crippen LogP contribution < -0.4 is 5.56 Å². The summed E-state index contributed by atoms with van der Waals surface area (Å²) in [6, 6.07) is 14.1. The third-order valence-electron chi connectivity index (χ3n) is 6.71. The van der Waals surface area contributed by atoms with Gasteiger partial charge >= 0.3 is 0 Å². The minimum atomic E-state index is -0.390. The predicted molar refractivity (Wildman–Crippen MR) is 136 cm³/mol. The van der Waals surface area contributed by atoms with Crippen LogP contribution in [0.4, 0.5) is 0 Å². The standard InChI is InChI=1S/C27H32ClN3O3/c1-19(30(17-8-18-34-2)26(32)20-9-4-3-5-10-20)25-29-24-12-7-6-11-23(24)27(33)31(25)22-15-13-21(28)14-16-22/h6-7,11-16,19-20H,3-5,8-10,17-18H2,1-2H3. The summed E-state index contributed by atoms with van der Waals surface area (Å²) in [5, 5.41) is 1.13. The van der Waals surface area contributed by atoms with Gasteiger partial charge < -0.3 is 9.64 Å². The Kier molecular flexibility index (Phi) is 8.01. The summed E-state index contributed by atoms with van der Waals surface area (Å²) in [5.74, 6) is 0.718. The minimum absolute atomic E-state index is 0.0231. The van der Waals surface area contributed by atoms with E-state index in [1.165, 1.54) is 6.42 Å². The molecule has 1 heterocycles. The fraction of sp³-hybridized carbons (Fsp3) is 0.444. The number of amides is 1. The van der Waals surface area contributed by atoms with Gasteiger partial charge in [-0.2, -0.15) is 0 Å². The van der Waals surface area contributed by atoms with Crippen molar-refractivity contribution in [3.05, 3.63) is 69.7 Å². The maximum Gasteiger partial charge on any atom is 0.266 e. The zero-order chi connectivity index (χ0) is 24.1. The summed E-state index contributed by atoms with van der Waals surface area (Å²) in [7, 11) is 1.67. The first kappa shape index (κ1) is 24.4. The first-order valence-electron chi connectivity index (χ1n) is 12.1. The molecule has 4 rings (SSSR count). The average molecular weight is 482 g/mol. The smallest absolute Gasteiger partial charge is 0.266 e. The number of aromatic nitrogens is 2. The third kappa shape index (κ3) is 5.18. The summed E-state index contributed by atoms with van der Waals surface area (Å²) in [5.41, 5.74) is 1.15. The van der Waals surface area contributed by atoms with E-state index in [-0.39, 0.29) is 23.4 Å². The highest BCUT2D eigenvalue weighted by Gasteiger charge is 2.31. The summed E-state index contributed by atoms with van der Waals surface area (Å²) < 4.78 is 6.89. The molecule has 0 aliphatic heterocycles. The highest BCUT2D eigenvalue weighted by molar-refractivity contribution is 6.30. The van der Waals surface area contributed by atoms with Gasteiger partial charge in [0, 0.05) is 31.2 Å². The van der Waals surface area contributed by atoms with Crippen LogP contribution in [0.5, 0.6) is 0 Å². The number of para-hydroxylation sites is 1. The maximum atomic E-state index is 13.7. The number of methoxy groups -OCH3 is 1. The number of halogens is 1. The van der Waals surface area contributed by atoms with E-state index in [0.29, 0.717) is 40.6 Å². The summed E-state index contributed by atoms with van der Waals surface area (Å²) in [6.45, 7) is 3.08. The minimum Gasteiger partial charge on any atom is -0.385 e. The van der Waals surface area contributed by atoms with Gasteiger partial charge in [0.2, 0.25) is 5.91 Å². The van der Waals surface area contributed by atoms with Crippen molar-refractivity contribution in [2.75, 3.05) is 20.3 Å². The second-order valence-corrected chi connectivity index (χ2v) is 9.43. The van der Waals surface area contributed by atoms with Gasteiger partial charge in [0.05, 0.1) is 22.6 Å². The average Bonchev–Trinajstić information content (AvgIpc) is 2.87. The Morgan fingerprint density at radius 3 is 2.56 bits per heavy atom. The molecule has 1 aliphatic rings. The van der Waals surface area contributed by atoms with E-state index in [1.807, 2.05) is 42.2 Å². The van der Waals surface area contributed by atoms with Crippen molar-refractivity contribution in [1.82, 2.24) is 14.5 Å². The van der Waals surface area contributed by atoms with Crippen LogP contribution in [-0.2, 0) is 9.53 Å². The van der Waals surface area contributed by atoms with E-state index in [9.17, 15) is 9.59 Å². The lowest BCUT2D eigenvalue weighted by Crippen LogP contribution is -2.42. The number of nitrogens with zero attached hydrogens (tertiary/aromatic N) is 3. The van der Waals surface area contributed by atoms with Gasteiger partial charge in [-0.05, 0) is 62.6 Å². The zero-order valence-corrected chi connectivity index (χ0v) is 20.6. The molecule has 1 fully saturated rings. The molecule has 34 heavy (non-hydrogen) atoms. The molecule has 7 heteroatoms. The first-order chi connectivity index (χ1) is 16.5. The fourth-order valence-corrected chi connectivity index (χ4v) is 4.99. The number of carbonyl (C=O) groups excluding carboxylic acids is 1. The van der Waals surface area contributed by atoms with Crippen molar-refractivity contribution in [3.63, 3.8) is 0 Å². The molecule has 2 aromatic carbocycles. The molecular formula is C27H32ClN3O3. The topological polar surface area (TPSA) is 64.4 Å². The Bertz CT molecular complexity index is 1190. The van der Waals surface area contributed by atoms with E-state index < -0.39 is 0 Å². The number of carbonyl (C=O) groups is 1. The Morgan fingerprint density at radius 2 is 1.85 bits per heavy atom. The van der Waals surface area contributed by atoms with Crippen LogP contribution >= 0.6 is 11.6 Å². The van der Waals surface area contributed by atoms with Gasteiger partial charge in [-0.1, -0.05) is 43.0 Å². The lowest BCUT2D eigenvalue weighted by Gasteiger charge is -2.34. The molecule has 1 atom stereocenters. The highest BCUT2D eigenvalue weighted by atomic mass is 35.5. The molecule has 0 N–H and O–H groups in total. The van der Waals surface area contributed by atoms with Gasteiger partial charge in [0.1, 0.15) is 5.82 Å². The van der Waals surface area contributed by atoms with Gasteiger partial charge in [0.25, 0.3) is 5.56 Å². The Labute approximate surface area is 205 Å². The molecule has 1 aliphatic carbocycles. The van der Waals surface area contributed by atoms with Crippen molar-refractivity contribution in [2.45, 2.75) is 51.5 Å². The molecule has 0 bridgehead atoms. The van der Waals surface area contributed by atoms with Crippen LogP contribution in [-0.4, -0.2) is 40.6 Å². The Hall–Kier alpha value is -2.70. The van der Waals surface area contributed by atoms with E-state index in [4.69, 9.17) is 21.3 Å². The van der Waals surface area contributed by atoms with Crippen molar-refractivity contribution >= 4 is 28.4 Å². The zero-order valence-electron chi connectivity index (χ0n) is 19.9. The van der Waals surface area contributed by atoms with Crippen LogP contribution in [0, 0.1) is 5.92 Å². The molecule has 3 aromatic rings. The third-order valence-corrected chi connectivity index (χ3v) is 6.96. The second kappa shape index (κ2) is 11.2. The molecule has 1 unspecified atom stereocenters. The Balaban J connectivity index is 1.82. The molecule has 1 aromatic heterocycles. The summed E-state index contributed by atoms with van der Waals surface area (Å²) >= 11 is 6.12. The molecule has 0 saturated heterocycles. The number of hydrogen-bond donors (Lipinski definition) is 0. The van der Waals surface area contributed by atoms with Gasteiger partial charge in [-0.25, -0.2) is 4.98 Å². The van der Waals surface area contributed by atoms with Crippen molar-refractivity contribution in [3.8, 4) is 5.69 Å². The molecule has 180 valence electrons. The van der Waals surface area contributed by atoms with Gasteiger partial charge in [0.15, 0.2) is 0 Å². The number of ether oxygens (including phenoxy) is 1. The van der Waals surface area contributed by atoms with Crippen molar-refractivity contribution in [1.29, 1.82) is 0 Å². The summed E-state index contributed by atoms with van der Waals surface area (Å²) in [4.78, 5) is 34.2. The quantitative estimate of drug-likeness (QED) is 0.396. The molecule has 1 amide bonds. The van der Waals surface area contributed by atoms with E-state index in [0.717, 1.165) is 32.1 Å². The van der Waals surface area contributed by atoms with Gasteiger partial charge in [-0.3, -0.25) is 14.2 Å². The summed E-state index contributed by atoms with van der Waals surface area (Å²) in [6.07, 6.45) is 5.91. The molecule has 0 radical (unpaired) electrons. The number of rotatable bonds is 8. The van der Waals surface area contributed by atoms with Crippen LogP contribution in [0.2, 0.25) is 5.02 Å². The van der Waals surface area contributed by atoms with Gasteiger partial charge in [-0.15, -0.1) is 0 Å².